The van der Waals surface area contributed by atoms with Gasteiger partial charge in [-0.1, -0.05) is 26.0 Å². The van der Waals surface area contributed by atoms with Crippen molar-refractivity contribution < 1.29 is 14.3 Å². The summed E-state index contributed by atoms with van der Waals surface area (Å²) in [7, 11) is 0. The predicted octanol–water partition coefficient (Wildman–Crippen LogP) is 5.03. The van der Waals surface area contributed by atoms with Crippen LogP contribution in [0.1, 0.15) is 56.6 Å². The number of hydrogen-bond donors (Lipinski definition) is 0. The number of nitrogens with zero attached hydrogens (tertiary/aromatic N) is 2. The zero-order valence-electron chi connectivity index (χ0n) is 20.0. The third kappa shape index (κ3) is 5.19. The van der Waals surface area contributed by atoms with Crippen LogP contribution in [0, 0.1) is 5.92 Å². The fourth-order valence-corrected chi connectivity index (χ4v) is 5.08. The quantitative estimate of drug-likeness (QED) is 0.540. The average molecular weight is 449 g/mol. The van der Waals surface area contributed by atoms with Crippen LogP contribution in [0.5, 0.6) is 11.5 Å². The summed E-state index contributed by atoms with van der Waals surface area (Å²) in [4.78, 5) is 17.4. The Morgan fingerprint density at radius 3 is 2.52 bits per heavy atom. The Labute approximate surface area is 197 Å². The molecule has 0 radical (unpaired) electrons. The topological polar surface area (TPSA) is 42.0 Å². The van der Waals surface area contributed by atoms with Gasteiger partial charge in [0.1, 0.15) is 18.1 Å². The third-order valence-electron chi connectivity index (χ3n) is 7.27. The number of benzene rings is 2. The van der Waals surface area contributed by atoms with Gasteiger partial charge in [0.05, 0.1) is 0 Å². The number of rotatable bonds is 9. The zero-order valence-corrected chi connectivity index (χ0v) is 20.0. The number of anilines is 1. The molecule has 3 fully saturated rings. The van der Waals surface area contributed by atoms with E-state index >= 15 is 0 Å². The number of carbonyl (C=O) groups is 1. The molecule has 0 bridgehead atoms. The van der Waals surface area contributed by atoms with Crippen LogP contribution < -0.4 is 14.4 Å². The van der Waals surface area contributed by atoms with Crippen molar-refractivity contribution in [3.8, 4) is 11.5 Å². The molecule has 2 aromatic rings. The molecule has 2 heterocycles. The molecule has 2 atom stereocenters. The van der Waals surface area contributed by atoms with Crippen molar-refractivity contribution >= 4 is 11.6 Å². The van der Waals surface area contributed by atoms with Gasteiger partial charge in [0.25, 0.3) is 5.91 Å². The average Bonchev–Trinajstić information content (AvgIpc) is 3.51. The molecule has 5 heteroatoms. The SMILES string of the molecule is CCc1cc(N2CC[C@H](Oc3ccc(C4CC4)cc3)C2=O)ccc1OCCN1CC[C@@H](C)C1. The maximum atomic E-state index is 13.1. The summed E-state index contributed by atoms with van der Waals surface area (Å²) in [5, 5.41) is 0. The molecule has 5 nitrogen and oxygen atoms in total. The van der Waals surface area contributed by atoms with Crippen LogP contribution in [0.4, 0.5) is 5.69 Å². The summed E-state index contributed by atoms with van der Waals surface area (Å²) < 4.78 is 12.2. The standard InChI is InChI=1S/C28H36N2O3/c1-3-21-18-24(8-11-26(21)32-17-16-29-14-12-20(2)19-29)30-15-13-27(28(30)31)33-25-9-6-23(7-10-25)22-4-5-22/h6-11,18,20,22,27H,3-5,12-17,19H2,1-2H3/t20-,27+/m1/s1. The smallest absolute Gasteiger partial charge is 0.268 e. The number of amides is 1. The van der Waals surface area contributed by atoms with Gasteiger partial charge in [-0.3, -0.25) is 9.69 Å². The molecule has 0 spiro atoms. The lowest BCUT2D eigenvalue weighted by Gasteiger charge is -2.20. The van der Waals surface area contributed by atoms with E-state index in [1.807, 2.05) is 29.2 Å². The maximum absolute atomic E-state index is 13.1. The fraction of sp³-hybridized carbons (Fsp3) is 0.536. The maximum Gasteiger partial charge on any atom is 0.268 e. The first-order chi connectivity index (χ1) is 16.1. The van der Waals surface area contributed by atoms with E-state index in [2.05, 4.69) is 36.9 Å². The van der Waals surface area contributed by atoms with E-state index in [-0.39, 0.29) is 5.91 Å². The highest BCUT2D eigenvalue weighted by Gasteiger charge is 2.34. The van der Waals surface area contributed by atoms with Crippen LogP contribution in [0.15, 0.2) is 42.5 Å². The Morgan fingerprint density at radius 1 is 1.00 bits per heavy atom. The summed E-state index contributed by atoms with van der Waals surface area (Å²) in [5.41, 5.74) is 3.47. The second kappa shape index (κ2) is 9.76. The molecule has 0 aromatic heterocycles. The molecule has 2 aliphatic heterocycles. The van der Waals surface area contributed by atoms with Crippen molar-refractivity contribution in [3.05, 3.63) is 53.6 Å². The Kier molecular flexibility index (Phi) is 6.59. The summed E-state index contributed by atoms with van der Waals surface area (Å²) in [6, 6.07) is 14.4. The molecule has 0 N–H and O–H groups in total. The van der Waals surface area contributed by atoms with Crippen molar-refractivity contribution in [1.29, 1.82) is 0 Å². The van der Waals surface area contributed by atoms with Crippen LogP contribution in [0.2, 0.25) is 0 Å². The number of ether oxygens (including phenoxy) is 2. The summed E-state index contributed by atoms with van der Waals surface area (Å²) in [5.74, 6) is 3.28. The molecule has 2 saturated heterocycles. The number of carbonyl (C=O) groups excluding carboxylic acids is 1. The Morgan fingerprint density at radius 2 is 1.82 bits per heavy atom. The highest BCUT2D eigenvalue weighted by Crippen LogP contribution is 2.40. The number of aryl methyl sites for hydroxylation is 1. The van der Waals surface area contributed by atoms with Crippen molar-refractivity contribution in [2.45, 2.75) is 58.0 Å². The normalized spacial score (nSPS) is 23.3. The Hall–Kier alpha value is -2.53. The zero-order chi connectivity index (χ0) is 22.8. The predicted molar refractivity (Wildman–Crippen MR) is 131 cm³/mol. The van der Waals surface area contributed by atoms with Crippen molar-refractivity contribution in [3.63, 3.8) is 0 Å². The number of hydrogen-bond acceptors (Lipinski definition) is 4. The molecule has 2 aromatic carbocycles. The van der Waals surface area contributed by atoms with E-state index in [9.17, 15) is 4.79 Å². The first kappa shape index (κ1) is 22.3. The van der Waals surface area contributed by atoms with Crippen LogP contribution in [0.3, 0.4) is 0 Å². The van der Waals surface area contributed by atoms with Gasteiger partial charge in [0, 0.05) is 31.7 Å². The first-order valence-corrected chi connectivity index (χ1v) is 12.7. The monoisotopic (exact) mass is 448 g/mol. The largest absolute Gasteiger partial charge is 0.492 e. The lowest BCUT2D eigenvalue weighted by atomic mass is 10.1. The van der Waals surface area contributed by atoms with Crippen molar-refractivity contribution in [2.75, 3.05) is 37.7 Å². The summed E-state index contributed by atoms with van der Waals surface area (Å²) in [6.45, 7) is 9.16. The summed E-state index contributed by atoms with van der Waals surface area (Å²) >= 11 is 0. The van der Waals surface area contributed by atoms with Gasteiger partial charge in [-0.25, -0.2) is 0 Å². The molecule has 3 aliphatic rings. The second-order valence-electron chi connectivity index (χ2n) is 9.92. The highest BCUT2D eigenvalue weighted by molar-refractivity contribution is 5.99. The molecular weight excluding hydrogens is 412 g/mol. The van der Waals surface area contributed by atoms with Crippen LogP contribution in [0.25, 0.3) is 0 Å². The minimum Gasteiger partial charge on any atom is -0.492 e. The summed E-state index contributed by atoms with van der Waals surface area (Å²) in [6.07, 6.45) is 5.03. The molecular formula is C28H36N2O3. The molecule has 5 rings (SSSR count). The molecule has 1 aliphatic carbocycles. The van der Waals surface area contributed by atoms with Crippen LogP contribution in [-0.4, -0.2) is 49.7 Å². The molecule has 176 valence electrons. The Balaban J connectivity index is 1.18. The Bertz CT molecular complexity index is 970. The molecule has 33 heavy (non-hydrogen) atoms. The van der Waals surface area contributed by atoms with Gasteiger partial charge in [0.15, 0.2) is 6.10 Å². The fourth-order valence-electron chi connectivity index (χ4n) is 5.08. The van der Waals surface area contributed by atoms with Gasteiger partial charge >= 0.3 is 0 Å². The number of likely N-dealkylation sites (tertiary alicyclic amines) is 1. The molecule has 1 saturated carbocycles. The lowest BCUT2D eigenvalue weighted by molar-refractivity contribution is -0.122. The first-order valence-electron chi connectivity index (χ1n) is 12.7. The van der Waals surface area contributed by atoms with Gasteiger partial charge in [0.2, 0.25) is 0 Å². The molecule has 1 amide bonds. The minimum atomic E-state index is -0.416. The second-order valence-corrected chi connectivity index (χ2v) is 9.92. The van der Waals surface area contributed by atoms with E-state index in [1.54, 1.807) is 0 Å². The van der Waals surface area contributed by atoms with Crippen LogP contribution in [-0.2, 0) is 11.2 Å². The van der Waals surface area contributed by atoms with Crippen molar-refractivity contribution in [2.24, 2.45) is 5.92 Å². The van der Waals surface area contributed by atoms with Gasteiger partial charge < -0.3 is 14.4 Å². The van der Waals surface area contributed by atoms with E-state index < -0.39 is 6.10 Å². The third-order valence-corrected chi connectivity index (χ3v) is 7.27. The van der Waals surface area contributed by atoms with E-state index in [0.29, 0.717) is 19.6 Å². The lowest BCUT2D eigenvalue weighted by Crippen LogP contribution is -2.32. The molecule has 0 unspecified atom stereocenters. The van der Waals surface area contributed by atoms with Gasteiger partial charge in [-0.05, 0) is 85.5 Å². The highest BCUT2D eigenvalue weighted by atomic mass is 16.5. The van der Waals surface area contributed by atoms with Crippen LogP contribution >= 0.6 is 0 Å². The van der Waals surface area contributed by atoms with E-state index in [4.69, 9.17) is 9.47 Å². The van der Waals surface area contributed by atoms with E-state index in [0.717, 1.165) is 47.6 Å². The minimum absolute atomic E-state index is 0.0418. The van der Waals surface area contributed by atoms with Gasteiger partial charge in [-0.15, -0.1) is 0 Å². The van der Waals surface area contributed by atoms with Crippen molar-refractivity contribution in [1.82, 2.24) is 4.90 Å². The van der Waals surface area contributed by atoms with Gasteiger partial charge in [-0.2, -0.15) is 0 Å². The van der Waals surface area contributed by atoms with E-state index in [1.165, 1.54) is 37.9 Å².